The average molecular weight is 325 g/mol. The summed E-state index contributed by atoms with van der Waals surface area (Å²) in [6.45, 7) is 0.621. The van der Waals surface area contributed by atoms with Crippen LogP contribution in [0.1, 0.15) is 35.2 Å². The van der Waals surface area contributed by atoms with E-state index in [0.717, 1.165) is 36.9 Å². The zero-order valence-electron chi connectivity index (χ0n) is 13.6. The second kappa shape index (κ2) is 9.35. The minimum Gasteiger partial charge on any atom is -0.366 e. The fraction of sp³-hybridized carbons (Fsp3) is 0.263. The molecule has 0 atom stereocenters. The van der Waals surface area contributed by atoms with Gasteiger partial charge in [-0.15, -0.1) is 0 Å². The van der Waals surface area contributed by atoms with Crippen molar-refractivity contribution in [1.29, 1.82) is 0 Å². The van der Waals surface area contributed by atoms with Crippen molar-refractivity contribution < 1.29 is 9.59 Å². The number of nitrogens with two attached hydrogens (primary N) is 1. The number of hydrogen-bond acceptors (Lipinski definition) is 2. The van der Waals surface area contributed by atoms with E-state index in [9.17, 15) is 9.59 Å². The van der Waals surface area contributed by atoms with Crippen molar-refractivity contribution in [3.8, 4) is 0 Å². The van der Waals surface area contributed by atoms with Crippen LogP contribution in [0.3, 0.4) is 0 Å². The van der Waals surface area contributed by atoms with Gasteiger partial charge in [-0.25, -0.2) is 4.79 Å². The Kier molecular flexibility index (Phi) is 6.83. The first kappa shape index (κ1) is 17.5. The molecular formula is C19H23N3O2. The van der Waals surface area contributed by atoms with E-state index in [1.54, 1.807) is 6.07 Å². The summed E-state index contributed by atoms with van der Waals surface area (Å²) in [4.78, 5) is 23.1. The van der Waals surface area contributed by atoms with Crippen LogP contribution >= 0.6 is 0 Å². The van der Waals surface area contributed by atoms with E-state index in [1.165, 1.54) is 0 Å². The van der Waals surface area contributed by atoms with Crippen LogP contribution in [0.5, 0.6) is 0 Å². The number of anilines is 1. The molecule has 2 aromatic carbocycles. The van der Waals surface area contributed by atoms with Gasteiger partial charge in [0.05, 0.1) is 0 Å². The van der Waals surface area contributed by atoms with Crippen LogP contribution in [-0.2, 0) is 6.42 Å². The third-order valence-electron chi connectivity index (χ3n) is 3.72. The molecule has 2 aromatic rings. The van der Waals surface area contributed by atoms with Crippen LogP contribution in [0.2, 0.25) is 0 Å². The Labute approximate surface area is 142 Å². The van der Waals surface area contributed by atoms with E-state index in [-0.39, 0.29) is 11.9 Å². The third kappa shape index (κ3) is 5.76. The molecule has 0 aliphatic rings. The number of rotatable bonds is 8. The van der Waals surface area contributed by atoms with Crippen LogP contribution in [0, 0.1) is 0 Å². The Morgan fingerprint density at radius 3 is 2.33 bits per heavy atom. The predicted molar refractivity (Wildman–Crippen MR) is 96.0 cm³/mol. The van der Waals surface area contributed by atoms with Crippen molar-refractivity contribution in [2.45, 2.75) is 25.7 Å². The van der Waals surface area contributed by atoms with Gasteiger partial charge >= 0.3 is 6.03 Å². The van der Waals surface area contributed by atoms with Crippen LogP contribution < -0.4 is 16.4 Å². The van der Waals surface area contributed by atoms with E-state index in [0.29, 0.717) is 12.1 Å². The quantitative estimate of drug-likeness (QED) is 0.650. The lowest BCUT2D eigenvalue weighted by molar-refractivity contribution is 0.0999. The molecule has 126 valence electrons. The Hall–Kier alpha value is -2.82. The second-order valence-corrected chi connectivity index (χ2v) is 5.58. The summed E-state index contributed by atoms with van der Waals surface area (Å²) in [6.07, 6.45) is 3.63. The molecule has 0 bridgehead atoms. The SMILES string of the molecule is NC(=O)c1ccccc1CCCCCNC(=O)Nc1ccccc1. The molecule has 0 saturated carbocycles. The van der Waals surface area contributed by atoms with Gasteiger partial charge in [0.1, 0.15) is 0 Å². The predicted octanol–water partition coefficient (Wildman–Crippen LogP) is 3.32. The maximum atomic E-state index is 11.7. The highest BCUT2D eigenvalue weighted by Gasteiger charge is 2.06. The van der Waals surface area contributed by atoms with E-state index < -0.39 is 0 Å². The summed E-state index contributed by atoms with van der Waals surface area (Å²) in [5.74, 6) is -0.384. The molecule has 0 aromatic heterocycles. The monoisotopic (exact) mass is 325 g/mol. The summed E-state index contributed by atoms with van der Waals surface area (Å²) < 4.78 is 0. The summed E-state index contributed by atoms with van der Waals surface area (Å²) >= 11 is 0. The van der Waals surface area contributed by atoms with E-state index >= 15 is 0 Å². The molecule has 2 rings (SSSR count). The number of aryl methyl sites for hydroxylation is 1. The number of nitrogens with one attached hydrogen (secondary N) is 2. The molecule has 24 heavy (non-hydrogen) atoms. The average Bonchev–Trinajstić information content (AvgIpc) is 2.59. The van der Waals surface area contributed by atoms with E-state index in [1.807, 2.05) is 48.5 Å². The Morgan fingerprint density at radius 1 is 0.875 bits per heavy atom. The minimum absolute atomic E-state index is 0.194. The fourth-order valence-corrected chi connectivity index (χ4v) is 2.49. The summed E-state index contributed by atoms with van der Waals surface area (Å²) in [5, 5.41) is 5.61. The fourth-order valence-electron chi connectivity index (χ4n) is 2.49. The molecule has 0 unspecified atom stereocenters. The number of urea groups is 1. The van der Waals surface area contributed by atoms with Crippen LogP contribution in [0.4, 0.5) is 10.5 Å². The molecule has 4 N–H and O–H groups in total. The van der Waals surface area contributed by atoms with Gasteiger partial charge in [-0.05, 0) is 43.0 Å². The largest absolute Gasteiger partial charge is 0.366 e. The van der Waals surface area contributed by atoms with Gasteiger partial charge in [-0.3, -0.25) is 4.79 Å². The number of carbonyl (C=O) groups excluding carboxylic acids is 2. The second-order valence-electron chi connectivity index (χ2n) is 5.58. The molecule has 5 heteroatoms. The zero-order chi connectivity index (χ0) is 17.2. The zero-order valence-corrected chi connectivity index (χ0v) is 13.6. The summed E-state index contributed by atoms with van der Waals surface area (Å²) in [7, 11) is 0. The maximum absolute atomic E-state index is 11.7. The molecule has 0 fully saturated rings. The normalized spacial score (nSPS) is 10.2. The highest BCUT2D eigenvalue weighted by atomic mass is 16.2. The standard InChI is InChI=1S/C19H23N3O2/c20-18(23)17-13-7-6-10-15(17)9-3-2-8-14-21-19(24)22-16-11-4-1-5-12-16/h1,4-7,10-13H,2-3,8-9,14H2,(H2,20,23)(H2,21,22,24). The minimum atomic E-state index is -0.384. The lowest BCUT2D eigenvalue weighted by atomic mass is 10.0. The van der Waals surface area contributed by atoms with Crippen molar-refractivity contribution in [2.24, 2.45) is 5.73 Å². The first-order valence-electron chi connectivity index (χ1n) is 8.14. The van der Waals surface area contributed by atoms with Crippen molar-refractivity contribution in [2.75, 3.05) is 11.9 Å². The third-order valence-corrected chi connectivity index (χ3v) is 3.72. The van der Waals surface area contributed by atoms with Crippen LogP contribution in [-0.4, -0.2) is 18.5 Å². The number of amides is 3. The van der Waals surface area contributed by atoms with Gasteiger partial charge in [0.15, 0.2) is 0 Å². The lowest BCUT2D eigenvalue weighted by Gasteiger charge is -2.08. The first-order chi connectivity index (χ1) is 11.7. The Balaban J connectivity index is 1.62. The lowest BCUT2D eigenvalue weighted by Crippen LogP contribution is -2.29. The van der Waals surface area contributed by atoms with Gasteiger partial charge in [0.2, 0.25) is 5.91 Å². The number of primary amides is 1. The van der Waals surface area contributed by atoms with E-state index in [4.69, 9.17) is 5.73 Å². The van der Waals surface area contributed by atoms with Gasteiger partial charge in [-0.2, -0.15) is 0 Å². The molecule has 0 radical (unpaired) electrons. The van der Waals surface area contributed by atoms with Crippen molar-refractivity contribution in [1.82, 2.24) is 5.32 Å². The molecule has 0 heterocycles. The number of unbranched alkanes of at least 4 members (excludes halogenated alkanes) is 2. The highest BCUT2D eigenvalue weighted by Crippen LogP contribution is 2.12. The van der Waals surface area contributed by atoms with Crippen LogP contribution in [0.15, 0.2) is 54.6 Å². The number of benzene rings is 2. The Morgan fingerprint density at radius 2 is 1.58 bits per heavy atom. The first-order valence-corrected chi connectivity index (χ1v) is 8.14. The smallest absolute Gasteiger partial charge is 0.319 e. The van der Waals surface area contributed by atoms with Gasteiger partial charge in [-0.1, -0.05) is 42.8 Å². The van der Waals surface area contributed by atoms with Gasteiger partial charge < -0.3 is 16.4 Å². The van der Waals surface area contributed by atoms with Crippen molar-refractivity contribution in [3.63, 3.8) is 0 Å². The molecule has 5 nitrogen and oxygen atoms in total. The molecule has 3 amide bonds. The van der Waals surface area contributed by atoms with E-state index in [2.05, 4.69) is 10.6 Å². The summed E-state index contributed by atoms with van der Waals surface area (Å²) in [6, 6.07) is 16.6. The number of para-hydroxylation sites is 1. The van der Waals surface area contributed by atoms with Crippen molar-refractivity contribution >= 4 is 17.6 Å². The molecular weight excluding hydrogens is 302 g/mol. The van der Waals surface area contributed by atoms with Crippen LogP contribution in [0.25, 0.3) is 0 Å². The van der Waals surface area contributed by atoms with Crippen molar-refractivity contribution in [3.05, 3.63) is 65.7 Å². The maximum Gasteiger partial charge on any atom is 0.319 e. The summed E-state index contributed by atoms with van der Waals surface area (Å²) in [5.41, 5.74) is 7.73. The molecule has 0 aliphatic heterocycles. The van der Waals surface area contributed by atoms with Gasteiger partial charge in [0, 0.05) is 17.8 Å². The number of hydrogen-bond donors (Lipinski definition) is 3. The molecule has 0 aliphatic carbocycles. The number of carbonyl (C=O) groups is 2. The highest BCUT2D eigenvalue weighted by molar-refractivity contribution is 5.94. The topological polar surface area (TPSA) is 84.2 Å². The Bertz CT molecular complexity index is 671. The van der Waals surface area contributed by atoms with Gasteiger partial charge in [0.25, 0.3) is 0 Å². The molecule has 0 saturated heterocycles. The molecule has 0 spiro atoms.